The molecular weight excluding hydrogens is 264 g/mol. The Morgan fingerprint density at radius 2 is 2.05 bits per heavy atom. The smallest absolute Gasteiger partial charge is 0.166 e. The molecular formula is C14H23ClN2O2. The molecule has 0 aliphatic rings. The van der Waals surface area contributed by atoms with Crippen molar-refractivity contribution in [1.29, 1.82) is 0 Å². The van der Waals surface area contributed by atoms with Crippen LogP contribution in [-0.2, 0) is 23.0 Å². The van der Waals surface area contributed by atoms with Gasteiger partial charge in [-0.3, -0.25) is 9.48 Å². The lowest BCUT2D eigenvalue weighted by molar-refractivity contribution is -0.136. The number of aromatic nitrogens is 2. The highest BCUT2D eigenvalue weighted by Gasteiger charge is 2.32. The number of nitrogens with zero attached hydrogens (tertiary/aromatic N) is 2. The van der Waals surface area contributed by atoms with Crippen LogP contribution in [0.15, 0.2) is 0 Å². The van der Waals surface area contributed by atoms with E-state index in [2.05, 4.69) is 5.10 Å². The maximum absolute atomic E-state index is 12.4. The zero-order chi connectivity index (χ0) is 14.8. The highest BCUT2D eigenvalue weighted by molar-refractivity contribution is 6.30. The molecule has 0 aliphatic carbocycles. The number of Topliss-reactive ketones (excluding diaryl/α,β-unsaturated/α-hetero) is 1. The zero-order valence-corrected chi connectivity index (χ0v) is 13.3. The van der Waals surface area contributed by atoms with E-state index in [-0.39, 0.29) is 17.6 Å². The summed E-state index contributed by atoms with van der Waals surface area (Å²) < 4.78 is 7.20. The summed E-state index contributed by atoms with van der Waals surface area (Å²) in [5, 5.41) is 4.75. The Labute approximate surface area is 120 Å². The molecule has 0 radical (unpaired) electrons. The van der Waals surface area contributed by atoms with E-state index in [0.29, 0.717) is 11.8 Å². The van der Waals surface area contributed by atoms with E-state index in [9.17, 15) is 4.79 Å². The summed E-state index contributed by atoms with van der Waals surface area (Å²) >= 11 is 6.16. The number of ketones is 1. The first-order valence-corrected chi connectivity index (χ1v) is 6.88. The molecule has 108 valence electrons. The number of ether oxygens (including phenoxy) is 1. The van der Waals surface area contributed by atoms with E-state index in [1.165, 1.54) is 0 Å². The summed E-state index contributed by atoms with van der Waals surface area (Å²) in [5.41, 5.74) is 1.36. The lowest BCUT2D eigenvalue weighted by Gasteiger charge is -2.29. The summed E-state index contributed by atoms with van der Waals surface area (Å²) in [6, 6.07) is 0. The van der Waals surface area contributed by atoms with Crippen LogP contribution in [0.3, 0.4) is 0 Å². The number of hydrogen-bond acceptors (Lipinski definition) is 3. The number of halogens is 1. The Bertz CT molecular complexity index is 461. The third-order valence-electron chi connectivity index (χ3n) is 3.03. The van der Waals surface area contributed by atoms with Crippen molar-refractivity contribution < 1.29 is 9.53 Å². The van der Waals surface area contributed by atoms with Crippen molar-refractivity contribution >= 4 is 17.4 Å². The number of aryl methyl sites for hydroxylation is 2. The molecule has 5 heteroatoms. The molecule has 4 nitrogen and oxygen atoms in total. The van der Waals surface area contributed by atoms with Crippen LogP contribution in [0.1, 0.15) is 39.0 Å². The van der Waals surface area contributed by atoms with E-state index in [0.717, 1.165) is 11.3 Å². The molecule has 0 spiro atoms. The Kier molecular flexibility index (Phi) is 5.16. The highest BCUT2D eigenvalue weighted by atomic mass is 35.5. The van der Waals surface area contributed by atoms with Gasteiger partial charge >= 0.3 is 0 Å². The van der Waals surface area contributed by atoms with Gasteiger partial charge in [0.2, 0.25) is 0 Å². The third-order valence-corrected chi connectivity index (χ3v) is 3.51. The fourth-order valence-electron chi connectivity index (χ4n) is 2.13. The van der Waals surface area contributed by atoms with E-state index < -0.39 is 6.10 Å². The van der Waals surface area contributed by atoms with E-state index in [1.54, 1.807) is 11.7 Å². The van der Waals surface area contributed by atoms with Crippen LogP contribution in [0, 0.1) is 12.3 Å². The summed E-state index contributed by atoms with van der Waals surface area (Å²) in [6.07, 6.45) is -0.159. The molecule has 0 aliphatic heterocycles. The van der Waals surface area contributed by atoms with Gasteiger partial charge in [-0.25, -0.2) is 0 Å². The number of carbonyl (C=O) groups is 1. The van der Waals surface area contributed by atoms with E-state index in [4.69, 9.17) is 16.3 Å². The molecule has 19 heavy (non-hydrogen) atoms. The second-order valence-electron chi connectivity index (χ2n) is 5.82. The van der Waals surface area contributed by atoms with Crippen molar-refractivity contribution in [3.63, 3.8) is 0 Å². The minimum atomic E-state index is -0.423. The molecule has 1 unspecified atom stereocenters. The van der Waals surface area contributed by atoms with Crippen LogP contribution in [0.25, 0.3) is 0 Å². The van der Waals surface area contributed by atoms with E-state index in [1.807, 2.05) is 34.6 Å². The van der Waals surface area contributed by atoms with Gasteiger partial charge in [0, 0.05) is 25.6 Å². The zero-order valence-electron chi connectivity index (χ0n) is 12.6. The Hall–Kier alpha value is -0.870. The standard InChI is InChI=1S/C14H23ClN2O2/c1-7-19-12(14(3,4)5)11(18)8-10-9(2)16-17(6)13(10)15/h12H,7-8H2,1-6H3. The van der Waals surface area contributed by atoms with Crippen LogP contribution in [-0.4, -0.2) is 28.3 Å². The van der Waals surface area contributed by atoms with Gasteiger partial charge in [-0.1, -0.05) is 32.4 Å². The first kappa shape index (κ1) is 16.2. The van der Waals surface area contributed by atoms with Gasteiger partial charge in [-0.05, 0) is 19.3 Å². The summed E-state index contributed by atoms with van der Waals surface area (Å²) in [4.78, 5) is 12.4. The Morgan fingerprint density at radius 1 is 1.47 bits per heavy atom. The maximum Gasteiger partial charge on any atom is 0.166 e. The summed E-state index contributed by atoms with van der Waals surface area (Å²) in [5.74, 6) is 0.0485. The minimum Gasteiger partial charge on any atom is -0.370 e. The Morgan fingerprint density at radius 3 is 2.42 bits per heavy atom. The normalized spacial score (nSPS) is 13.6. The highest BCUT2D eigenvalue weighted by Crippen LogP contribution is 2.26. The first-order chi connectivity index (χ1) is 8.68. The molecule has 1 atom stereocenters. The molecule has 0 N–H and O–H groups in total. The maximum atomic E-state index is 12.4. The van der Waals surface area contributed by atoms with Crippen LogP contribution in [0.2, 0.25) is 5.15 Å². The molecule has 0 amide bonds. The van der Waals surface area contributed by atoms with Crippen LogP contribution >= 0.6 is 11.6 Å². The molecule has 1 aromatic rings. The average molecular weight is 287 g/mol. The molecule has 0 bridgehead atoms. The molecule has 1 rings (SSSR count). The number of carbonyl (C=O) groups excluding carboxylic acids is 1. The van der Waals surface area contributed by atoms with Crippen LogP contribution < -0.4 is 0 Å². The van der Waals surface area contributed by atoms with Crippen molar-refractivity contribution in [2.45, 2.75) is 47.1 Å². The van der Waals surface area contributed by atoms with Gasteiger partial charge in [0.1, 0.15) is 11.3 Å². The topological polar surface area (TPSA) is 44.1 Å². The molecule has 0 saturated heterocycles. The van der Waals surface area contributed by atoms with Crippen molar-refractivity contribution in [2.24, 2.45) is 12.5 Å². The van der Waals surface area contributed by atoms with Gasteiger partial charge in [0.05, 0.1) is 5.69 Å². The summed E-state index contributed by atoms with van der Waals surface area (Å²) in [7, 11) is 1.77. The molecule has 0 fully saturated rings. The van der Waals surface area contributed by atoms with Gasteiger partial charge < -0.3 is 4.74 Å². The number of hydrogen-bond donors (Lipinski definition) is 0. The molecule has 1 heterocycles. The van der Waals surface area contributed by atoms with Crippen molar-refractivity contribution in [3.8, 4) is 0 Å². The lowest BCUT2D eigenvalue weighted by atomic mass is 9.84. The fraction of sp³-hybridized carbons (Fsp3) is 0.714. The Balaban J connectivity index is 2.94. The fourth-order valence-corrected chi connectivity index (χ4v) is 2.38. The minimum absolute atomic E-state index is 0.0485. The third kappa shape index (κ3) is 3.80. The molecule has 0 aromatic carbocycles. The second-order valence-corrected chi connectivity index (χ2v) is 6.18. The monoisotopic (exact) mass is 286 g/mol. The van der Waals surface area contributed by atoms with E-state index >= 15 is 0 Å². The average Bonchev–Trinajstić information content (AvgIpc) is 2.51. The van der Waals surface area contributed by atoms with Gasteiger partial charge in [-0.2, -0.15) is 5.10 Å². The second kappa shape index (κ2) is 6.06. The first-order valence-electron chi connectivity index (χ1n) is 6.50. The predicted octanol–water partition coefficient (Wildman–Crippen LogP) is 2.94. The molecule has 0 saturated carbocycles. The van der Waals surface area contributed by atoms with Crippen LogP contribution in [0.5, 0.6) is 0 Å². The number of rotatable bonds is 5. The van der Waals surface area contributed by atoms with Crippen molar-refractivity contribution in [3.05, 3.63) is 16.4 Å². The van der Waals surface area contributed by atoms with Crippen molar-refractivity contribution in [1.82, 2.24) is 9.78 Å². The van der Waals surface area contributed by atoms with Gasteiger partial charge in [0.25, 0.3) is 0 Å². The lowest BCUT2D eigenvalue weighted by Crippen LogP contribution is -2.38. The van der Waals surface area contributed by atoms with Crippen molar-refractivity contribution in [2.75, 3.05) is 6.61 Å². The van der Waals surface area contributed by atoms with Gasteiger partial charge in [-0.15, -0.1) is 0 Å². The molecule has 1 aromatic heterocycles. The van der Waals surface area contributed by atoms with Crippen LogP contribution in [0.4, 0.5) is 0 Å². The summed E-state index contributed by atoms with van der Waals surface area (Å²) in [6.45, 7) is 10.3. The SMILES string of the molecule is CCOC(C(=O)Cc1c(C)nn(C)c1Cl)C(C)(C)C. The largest absolute Gasteiger partial charge is 0.370 e. The quantitative estimate of drug-likeness (QED) is 0.836. The van der Waals surface area contributed by atoms with Gasteiger partial charge in [0.15, 0.2) is 5.78 Å². The predicted molar refractivity (Wildman–Crippen MR) is 76.5 cm³/mol.